The number of methoxy groups -OCH3 is 2. The molecule has 1 amide bonds. The Hall–Kier alpha value is -2.99. The summed E-state index contributed by atoms with van der Waals surface area (Å²) in [4.78, 5) is 12.6. The van der Waals surface area contributed by atoms with Crippen molar-refractivity contribution < 1.29 is 18.7 Å². The Morgan fingerprint density at radius 2 is 1.77 bits per heavy atom. The molecule has 0 aliphatic heterocycles. The first-order valence-electron chi connectivity index (χ1n) is 7.69. The number of hydrogen-bond acceptors (Lipinski definition) is 3. The van der Waals surface area contributed by atoms with E-state index in [1.807, 2.05) is 29.1 Å². The molecule has 1 heterocycles. The molecule has 2 aromatic carbocycles. The standard InChI is InChI=1S/C19H16ClFN2O3/c1-25-17-6-5-12(9-15(17)21)22-19(24)13-10-14(20)16(11-18(13)26-2)23-7-3-4-8-23/h3-11H,1-2H3,(H,22,24). The second kappa shape index (κ2) is 7.49. The third kappa shape index (κ3) is 3.50. The molecule has 0 aliphatic rings. The number of nitrogens with zero attached hydrogens (tertiary/aromatic N) is 1. The second-order valence-corrected chi connectivity index (χ2v) is 5.80. The molecule has 0 saturated carbocycles. The van der Waals surface area contributed by atoms with Gasteiger partial charge in [0.1, 0.15) is 5.75 Å². The predicted octanol–water partition coefficient (Wildman–Crippen LogP) is 4.54. The van der Waals surface area contributed by atoms with E-state index in [4.69, 9.17) is 21.1 Å². The predicted molar refractivity (Wildman–Crippen MR) is 98.2 cm³/mol. The van der Waals surface area contributed by atoms with Gasteiger partial charge in [0.2, 0.25) is 0 Å². The van der Waals surface area contributed by atoms with Gasteiger partial charge in [-0.15, -0.1) is 0 Å². The highest BCUT2D eigenvalue weighted by molar-refractivity contribution is 6.33. The first kappa shape index (κ1) is 17.8. The lowest BCUT2D eigenvalue weighted by Crippen LogP contribution is -2.14. The Morgan fingerprint density at radius 3 is 2.38 bits per heavy atom. The fraction of sp³-hybridized carbons (Fsp3) is 0.105. The Morgan fingerprint density at radius 1 is 1.08 bits per heavy atom. The molecule has 0 unspecified atom stereocenters. The van der Waals surface area contributed by atoms with Crippen LogP contribution in [0.5, 0.6) is 11.5 Å². The second-order valence-electron chi connectivity index (χ2n) is 5.40. The monoisotopic (exact) mass is 374 g/mol. The number of nitrogens with one attached hydrogen (secondary N) is 1. The zero-order valence-electron chi connectivity index (χ0n) is 14.1. The van der Waals surface area contributed by atoms with E-state index in [9.17, 15) is 9.18 Å². The Kier molecular flexibility index (Phi) is 5.14. The number of anilines is 1. The lowest BCUT2D eigenvalue weighted by Gasteiger charge is -2.14. The van der Waals surface area contributed by atoms with E-state index in [2.05, 4.69) is 5.32 Å². The molecule has 3 rings (SSSR count). The number of amides is 1. The van der Waals surface area contributed by atoms with Gasteiger partial charge in [-0.05, 0) is 30.3 Å². The molecule has 7 heteroatoms. The summed E-state index contributed by atoms with van der Waals surface area (Å²) in [6, 6.07) is 11.1. The van der Waals surface area contributed by atoms with E-state index in [0.29, 0.717) is 22.1 Å². The van der Waals surface area contributed by atoms with Crippen molar-refractivity contribution in [2.45, 2.75) is 0 Å². The number of halogens is 2. The van der Waals surface area contributed by atoms with Crippen molar-refractivity contribution in [3.8, 4) is 17.2 Å². The van der Waals surface area contributed by atoms with Gasteiger partial charge in [-0.1, -0.05) is 11.6 Å². The van der Waals surface area contributed by atoms with Crippen LogP contribution in [0, 0.1) is 5.82 Å². The topological polar surface area (TPSA) is 52.5 Å². The van der Waals surface area contributed by atoms with Gasteiger partial charge in [0.05, 0.1) is 30.5 Å². The number of hydrogen-bond donors (Lipinski definition) is 1. The van der Waals surface area contributed by atoms with Crippen LogP contribution in [0.15, 0.2) is 54.9 Å². The van der Waals surface area contributed by atoms with E-state index in [1.165, 1.54) is 32.4 Å². The van der Waals surface area contributed by atoms with Gasteiger partial charge in [-0.25, -0.2) is 4.39 Å². The Balaban J connectivity index is 1.92. The molecule has 0 saturated heterocycles. The lowest BCUT2D eigenvalue weighted by atomic mass is 10.1. The van der Waals surface area contributed by atoms with Crippen LogP contribution in [-0.4, -0.2) is 24.7 Å². The first-order valence-corrected chi connectivity index (χ1v) is 8.07. The van der Waals surface area contributed by atoms with Gasteiger partial charge in [0, 0.05) is 30.2 Å². The van der Waals surface area contributed by atoms with Gasteiger partial charge in [-0.2, -0.15) is 0 Å². The number of carbonyl (C=O) groups is 1. The average Bonchev–Trinajstić information content (AvgIpc) is 3.16. The van der Waals surface area contributed by atoms with Crippen LogP contribution in [0.1, 0.15) is 10.4 Å². The van der Waals surface area contributed by atoms with Crippen LogP contribution in [0.2, 0.25) is 5.02 Å². The SMILES string of the molecule is COc1ccc(NC(=O)c2cc(Cl)c(-n3cccc3)cc2OC)cc1F. The third-order valence-corrected chi connectivity index (χ3v) is 4.11. The van der Waals surface area contributed by atoms with Gasteiger partial charge in [0.15, 0.2) is 11.6 Å². The number of benzene rings is 2. The average molecular weight is 375 g/mol. The maximum atomic E-state index is 13.8. The van der Waals surface area contributed by atoms with Crippen LogP contribution in [-0.2, 0) is 0 Å². The molecule has 0 aliphatic carbocycles. The molecule has 0 atom stereocenters. The number of rotatable bonds is 5. The van der Waals surface area contributed by atoms with Gasteiger partial charge in [-0.3, -0.25) is 4.79 Å². The Labute approximate surface area is 154 Å². The van der Waals surface area contributed by atoms with Crippen molar-refractivity contribution in [1.29, 1.82) is 0 Å². The summed E-state index contributed by atoms with van der Waals surface area (Å²) in [7, 11) is 2.84. The fourth-order valence-corrected chi connectivity index (χ4v) is 2.79. The van der Waals surface area contributed by atoms with Crippen LogP contribution >= 0.6 is 11.6 Å². The van der Waals surface area contributed by atoms with Crippen LogP contribution in [0.3, 0.4) is 0 Å². The summed E-state index contributed by atoms with van der Waals surface area (Å²) >= 11 is 6.33. The smallest absolute Gasteiger partial charge is 0.259 e. The minimum absolute atomic E-state index is 0.0969. The van der Waals surface area contributed by atoms with Crippen LogP contribution in [0.4, 0.5) is 10.1 Å². The molecule has 1 N–H and O–H groups in total. The first-order chi connectivity index (χ1) is 12.5. The third-order valence-electron chi connectivity index (χ3n) is 3.81. The number of ether oxygens (including phenoxy) is 2. The summed E-state index contributed by atoms with van der Waals surface area (Å²) in [5, 5.41) is 3.01. The maximum absolute atomic E-state index is 13.8. The van der Waals surface area contributed by atoms with E-state index < -0.39 is 11.7 Å². The summed E-state index contributed by atoms with van der Waals surface area (Å²) in [6.07, 6.45) is 3.67. The van der Waals surface area contributed by atoms with Crippen molar-refractivity contribution in [3.05, 3.63) is 71.3 Å². The fourth-order valence-electron chi connectivity index (χ4n) is 2.52. The molecule has 0 radical (unpaired) electrons. The summed E-state index contributed by atoms with van der Waals surface area (Å²) in [6.45, 7) is 0. The van der Waals surface area contributed by atoms with Crippen molar-refractivity contribution in [2.75, 3.05) is 19.5 Å². The zero-order chi connectivity index (χ0) is 18.7. The van der Waals surface area contributed by atoms with Crippen molar-refractivity contribution in [1.82, 2.24) is 4.57 Å². The molecule has 5 nitrogen and oxygen atoms in total. The quantitative estimate of drug-likeness (QED) is 0.713. The largest absolute Gasteiger partial charge is 0.496 e. The minimum Gasteiger partial charge on any atom is -0.496 e. The van der Waals surface area contributed by atoms with Crippen LogP contribution < -0.4 is 14.8 Å². The summed E-state index contributed by atoms with van der Waals surface area (Å²) < 4.78 is 25.8. The number of carbonyl (C=O) groups excluding carboxylic acids is 1. The molecule has 0 spiro atoms. The molecule has 0 bridgehead atoms. The molecular weight excluding hydrogens is 359 g/mol. The molecule has 0 fully saturated rings. The van der Waals surface area contributed by atoms with E-state index in [0.717, 1.165) is 0 Å². The van der Waals surface area contributed by atoms with Gasteiger partial charge >= 0.3 is 0 Å². The lowest BCUT2D eigenvalue weighted by molar-refractivity contribution is 0.102. The Bertz CT molecular complexity index is 942. The minimum atomic E-state index is -0.571. The van der Waals surface area contributed by atoms with Gasteiger partial charge in [0.25, 0.3) is 5.91 Å². The van der Waals surface area contributed by atoms with Crippen molar-refractivity contribution in [3.63, 3.8) is 0 Å². The van der Waals surface area contributed by atoms with Crippen molar-refractivity contribution in [2.24, 2.45) is 0 Å². The molecule has 3 aromatic rings. The summed E-state index contributed by atoms with van der Waals surface area (Å²) in [5.41, 5.74) is 1.21. The van der Waals surface area contributed by atoms with Gasteiger partial charge < -0.3 is 19.4 Å². The van der Waals surface area contributed by atoms with Crippen molar-refractivity contribution >= 4 is 23.2 Å². The normalized spacial score (nSPS) is 10.5. The van der Waals surface area contributed by atoms with E-state index >= 15 is 0 Å². The van der Waals surface area contributed by atoms with Crippen LogP contribution in [0.25, 0.3) is 5.69 Å². The summed E-state index contributed by atoms with van der Waals surface area (Å²) in [5.74, 6) is -0.588. The molecule has 1 aromatic heterocycles. The highest BCUT2D eigenvalue weighted by Gasteiger charge is 2.17. The van der Waals surface area contributed by atoms with E-state index in [1.54, 1.807) is 12.1 Å². The number of aromatic nitrogens is 1. The molecular formula is C19H16ClFN2O3. The highest BCUT2D eigenvalue weighted by atomic mass is 35.5. The molecule has 134 valence electrons. The maximum Gasteiger partial charge on any atom is 0.259 e. The highest BCUT2D eigenvalue weighted by Crippen LogP contribution is 2.31. The zero-order valence-corrected chi connectivity index (χ0v) is 14.9. The van der Waals surface area contributed by atoms with E-state index in [-0.39, 0.29) is 11.3 Å². The molecule has 26 heavy (non-hydrogen) atoms.